The molecule has 2 nitrogen and oxygen atoms in total. The van der Waals surface area contributed by atoms with Crippen LogP contribution >= 0.6 is 0 Å². The van der Waals surface area contributed by atoms with Crippen molar-refractivity contribution in [3.63, 3.8) is 0 Å². The molecule has 0 spiro atoms. The van der Waals surface area contributed by atoms with Gasteiger partial charge in [-0.05, 0) is 0 Å². The van der Waals surface area contributed by atoms with Crippen molar-refractivity contribution in [3.05, 3.63) is 37.0 Å². The van der Waals surface area contributed by atoms with Crippen LogP contribution in [0, 0.1) is 0 Å². The van der Waals surface area contributed by atoms with Crippen LogP contribution in [0.3, 0.4) is 0 Å². The average Bonchev–Trinajstić information content (AvgIpc) is 2.74. The van der Waals surface area contributed by atoms with Crippen LogP contribution in [0.5, 0.6) is 0 Å². The average molecular weight is 389 g/mol. The summed E-state index contributed by atoms with van der Waals surface area (Å²) in [5, 5.41) is 0. The molecule has 0 saturated heterocycles. The van der Waals surface area contributed by atoms with Gasteiger partial charge in [0.15, 0.2) is 0 Å². The van der Waals surface area contributed by atoms with E-state index < -0.39 is 0 Å². The molecule has 2 aromatic heterocycles. The van der Waals surface area contributed by atoms with E-state index in [4.69, 9.17) is 8.83 Å². The van der Waals surface area contributed by atoms with Gasteiger partial charge in [0.25, 0.3) is 0 Å². The van der Waals surface area contributed by atoms with Crippen molar-refractivity contribution in [2.75, 3.05) is 0 Å². The molecule has 4 heteroatoms. The van der Waals surface area contributed by atoms with Crippen molar-refractivity contribution in [1.29, 1.82) is 0 Å². The summed E-state index contributed by atoms with van der Waals surface area (Å²) in [6, 6.07) is 6.10. The normalized spacial score (nSPS) is 10.3. The van der Waals surface area contributed by atoms with Crippen molar-refractivity contribution in [2.45, 2.75) is 0 Å². The Morgan fingerprint density at radius 2 is 2.08 bits per heavy atom. The minimum atomic E-state index is -0.0579. The Labute approximate surface area is 86.7 Å². The van der Waals surface area contributed by atoms with Gasteiger partial charge >= 0.3 is 87.4 Å². The van der Waals surface area contributed by atoms with E-state index in [-0.39, 0.29) is 34.1 Å². The second-order valence-electron chi connectivity index (χ2n) is 2.06. The van der Waals surface area contributed by atoms with Crippen LogP contribution in [-0.2, 0) is 0 Å². The molecule has 0 radical (unpaired) electrons. The second kappa shape index (κ2) is 4.40. The molecule has 0 saturated carbocycles. The monoisotopic (exact) mass is 394 g/mol. The van der Waals surface area contributed by atoms with Crippen LogP contribution < -0.4 is 7.42 Å². The first kappa shape index (κ1) is 8.72. The first-order valence-corrected chi connectivity index (χ1v) is 13.0. The molecule has 0 aliphatic rings. The van der Waals surface area contributed by atoms with Gasteiger partial charge in [-0.2, -0.15) is 0 Å². The molecule has 0 aliphatic carbocycles. The molecule has 2 rings (SSSR count). The van der Waals surface area contributed by atoms with E-state index in [1.54, 1.807) is 12.5 Å². The number of hydrogen-bond acceptors (Lipinski definition) is 2. The molecule has 62 valence electrons. The molecule has 0 aliphatic heterocycles. The summed E-state index contributed by atoms with van der Waals surface area (Å²) in [6.07, 6.45) is 5.35. The van der Waals surface area contributed by atoms with Crippen molar-refractivity contribution >= 4 is 41.5 Å². The van der Waals surface area contributed by atoms with E-state index >= 15 is 0 Å². The zero-order valence-electron chi connectivity index (χ0n) is 6.10. The van der Waals surface area contributed by atoms with Crippen LogP contribution in [0.25, 0.3) is 0 Å². The zero-order valence-corrected chi connectivity index (χ0v) is 10.8. The third kappa shape index (κ3) is 2.31. The summed E-state index contributed by atoms with van der Waals surface area (Å²) in [5.41, 5.74) is 0. The Kier molecular flexibility index (Phi) is 3.20. The molecule has 0 atom stereocenters. The predicted molar refractivity (Wildman–Crippen MR) is 48.2 cm³/mol. The fraction of sp³-hybridized carbons (Fsp3) is 0. The van der Waals surface area contributed by atoms with E-state index in [0.717, 1.165) is 0 Å². The molecule has 12 heavy (non-hydrogen) atoms. The number of furan rings is 2. The Balaban J connectivity index is 1.91. The third-order valence-electron chi connectivity index (χ3n) is 1.21. The number of rotatable bonds is 3. The summed E-state index contributed by atoms with van der Waals surface area (Å²) >= 11 is -0.0766. The van der Waals surface area contributed by atoms with E-state index in [0.29, 0.717) is 0 Å². The van der Waals surface area contributed by atoms with Gasteiger partial charge in [-0.1, -0.05) is 0 Å². The Morgan fingerprint density at radius 3 is 2.75 bits per heavy atom. The van der Waals surface area contributed by atoms with Crippen LogP contribution in [0.2, 0.25) is 0 Å². The van der Waals surface area contributed by atoms with E-state index in [9.17, 15) is 0 Å². The minimum absolute atomic E-state index is 0.0187. The Bertz CT molecular complexity index is 278. The van der Waals surface area contributed by atoms with Crippen LogP contribution in [0.1, 0.15) is 0 Å². The summed E-state index contributed by atoms with van der Waals surface area (Å²) in [6.45, 7) is 0. The van der Waals surface area contributed by atoms with Gasteiger partial charge in [-0.25, -0.2) is 0 Å². The van der Waals surface area contributed by atoms with Gasteiger partial charge in [0.2, 0.25) is 0 Å². The standard InChI is InChI=1S/C8H6O2Te2/c1-2-8(10-4-1)12-11-7-3-5-9-6-7/h1-6H. The molecule has 0 aromatic carbocycles. The van der Waals surface area contributed by atoms with Crippen molar-refractivity contribution < 1.29 is 8.83 Å². The van der Waals surface area contributed by atoms with Gasteiger partial charge < -0.3 is 0 Å². The fourth-order valence-corrected chi connectivity index (χ4v) is 9.50. The molecular weight excluding hydrogens is 383 g/mol. The van der Waals surface area contributed by atoms with E-state index in [2.05, 4.69) is 12.1 Å². The van der Waals surface area contributed by atoms with Gasteiger partial charge in [-0.15, -0.1) is 0 Å². The maximum atomic E-state index is 5.29. The Morgan fingerprint density at radius 1 is 1.08 bits per heavy atom. The molecule has 2 aromatic rings. The number of hydrogen-bond donors (Lipinski definition) is 0. The molecule has 0 unspecified atom stereocenters. The molecule has 0 fully saturated rings. The zero-order chi connectivity index (χ0) is 8.23. The molecule has 0 amide bonds. The van der Waals surface area contributed by atoms with E-state index in [1.165, 1.54) is 7.42 Å². The van der Waals surface area contributed by atoms with Crippen LogP contribution in [0.15, 0.2) is 45.8 Å². The van der Waals surface area contributed by atoms with E-state index in [1.807, 2.05) is 12.3 Å². The third-order valence-corrected chi connectivity index (χ3v) is 12.2. The SMILES string of the molecule is c1coc([Te][Te]c2ccoc2)c1. The van der Waals surface area contributed by atoms with Crippen molar-refractivity contribution in [2.24, 2.45) is 0 Å². The van der Waals surface area contributed by atoms with Gasteiger partial charge in [0, 0.05) is 0 Å². The van der Waals surface area contributed by atoms with Gasteiger partial charge in [0.05, 0.1) is 0 Å². The molecule has 0 bridgehead atoms. The first-order chi connectivity index (χ1) is 5.95. The summed E-state index contributed by atoms with van der Waals surface area (Å²) in [5.74, 6) is 0. The summed E-state index contributed by atoms with van der Waals surface area (Å²) in [4.78, 5) is 0. The quantitative estimate of drug-likeness (QED) is 0.699. The van der Waals surface area contributed by atoms with Gasteiger partial charge in [-0.3, -0.25) is 0 Å². The van der Waals surface area contributed by atoms with Crippen molar-refractivity contribution in [3.8, 4) is 0 Å². The van der Waals surface area contributed by atoms with Crippen LogP contribution in [-0.4, -0.2) is 34.1 Å². The van der Waals surface area contributed by atoms with Gasteiger partial charge in [0.1, 0.15) is 0 Å². The van der Waals surface area contributed by atoms with Crippen molar-refractivity contribution in [1.82, 2.24) is 0 Å². The molecule has 0 N–H and O–H groups in total. The summed E-state index contributed by atoms with van der Waals surface area (Å²) < 4.78 is 12.9. The fourth-order valence-electron chi connectivity index (χ4n) is 0.699. The maximum absolute atomic E-state index is 5.29. The predicted octanol–water partition coefficient (Wildman–Crippen LogP) is 0.147. The molecule has 2 heterocycles. The first-order valence-electron chi connectivity index (χ1n) is 3.35. The Hall–Kier alpha value is 0.139. The van der Waals surface area contributed by atoms with Crippen LogP contribution in [0.4, 0.5) is 0 Å². The summed E-state index contributed by atoms with van der Waals surface area (Å²) in [7, 11) is 0. The topological polar surface area (TPSA) is 26.3 Å². The second-order valence-corrected chi connectivity index (χ2v) is 11.9. The molecular formula is C8H6O2Te2.